The number of ether oxygens (including phenoxy) is 1. The maximum Gasteiger partial charge on any atom is 0.338 e. The second-order valence-electron chi connectivity index (χ2n) is 8.82. The Labute approximate surface area is 187 Å². The second-order valence-corrected chi connectivity index (χ2v) is 8.82. The van der Waals surface area contributed by atoms with Gasteiger partial charge in [-0.2, -0.15) is 0 Å². The number of rotatable bonds is 4. The van der Waals surface area contributed by atoms with E-state index in [1.165, 1.54) is 17.7 Å². The zero-order valence-electron chi connectivity index (χ0n) is 18.3. The number of amides is 1. The maximum atomic E-state index is 12.6. The summed E-state index contributed by atoms with van der Waals surface area (Å²) in [7, 11) is 0. The number of carbonyl (C=O) groups is 2. The van der Waals surface area contributed by atoms with Crippen LogP contribution in [0.3, 0.4) is 0 Å². The first-order chi connectivity index (χ1) is 15.6. The lowest BCUT2D eigenvalue weighted by atomic mass is 9.87. The number of H-pyrrole nitrogens is 1. The number of benzene rings is 1. The number of hydrogen-bond donors (Lipinski definition) is 1. The summed E-state index contributed by atoms with van der Waals surface area (Å²) in [6, 6.07) is 11.4. The molecule has 1 atom stereocenters. The molecule has 3 heterocycles. The Morgan fingerprint density at radius 3 is 2.78 bits per heavy atom. The van der Waals surface area contributed by atoms with E-state index >= 15 is 0 Å². The Morgan fingerprint density at radius 1 is 1.16 bits per heavy atom. The van der Waals surface area contributed by atoms with Crippen molar-refractivity contribution in [2.24, 2.45) is 5.92 Å². The molecule has 7 nitrogen and oxygen atoms in total. The molecule has 0 bridgehead atoms. The number of pyridine rings is 1. The lowest BCUT2D eigenvalue weighted by Gasteiger charge is -2.35. The van der Waals surface area contributed by atoms with Crippen LogP contribution < -0.4 is 4.90 Å². The van der Waals surface area contributed by atoms with Crippen LogP contribution in [-0.2, 0) is 22.4 Å². The molecular formula is C25H28N4O3. The third-order valence-corrected chi connectivity index (χ3v) is 6.60. The molecule has 1 saturated heterocycles. The molecular weight excluding hydrogens is 404 g/mol. The number of nitrogens with one attached hydrogen (secondary N) is 1. The molecule has 1 unspecified atom stereocenters. The monoisotopic (exact) mass is 432 g/mol. The van der Waals surface area contributed by atoms with Gasteiger partial charge in [-0.3, -0.25) is 4.79 Å². The van der Waals surface area contributed by atoms with Crippen LogP contribution in [0.25, 0.3) is 10.9 Å². The number of esters is 1. The minimum absolute atomic E-state index is 0.159. The second kappa shape index (κ2) is 8.65. The van der Waals surface area contributed by atoms with Crippen molar-refractivity contribution in [3.8, 4) is 0 Å². The Morgan fingerprint density at radius 2 is 2.00 bits per heavy atom. The van der Waals surface area contributed by atoms with Gasteiger partial charge >= 0.3 is 5.97 Å². The Hall–Kier alpha value is -3.35. The number of carbonyl (C=O) groups excluding carboxylic acids is 2. The van der Waals surface area contributed by atoms with E-state index in [1.54, 1.807) is 17.2 Å². The molecule has 1 aliphatic carbocycles. The van der Waals surface area contributed by atoms with Gasteiger partial charge in [-0.1, -0.05) is 13.0 Å². The van der Waals surface area contributed by atoms with E-state index < -0.39 is 5.97 Å². The van der Waals surface area contributed by atoms with Gasteiger partial charge < -0.3 is 19.5 Å². The van der Waals surface area contributed by atoms with Gasteiger partial charge in [-0.05, 0) is 61.1 Å². The minimum Gasteiger partial charge on any atom is -0.452 e. The summed E-state index contributed by atoms with van der Waals surface area (Å²) in [5, 5.41) is 1.10. The van der Waals surface area contributed by atoms with Crippen molar-refractivity contribution in [3.63, 3.8) is 0 Å². The van der Waals surface area contributed by atoms with Crippen molar-refractivity contribution in [3.05, 3.63) is 59.4 Å². The summed E-state index contributed by atoms with van der Waals surface area (Å²) in [4.78, 5) is 37.0. The van der Waals surface area contributed by atoms with Crippen molar-refractivity contribution in [1.29, 1.82) is 0 Å². The molecule has 1 amide bonds. The van der Waals surface area contributed by atoms with Gasteiger partial charge in [0.1, 0.15) is 5.82 Å². The molecule has 2 aromatic heterocycles. The van der Waals surface area contributed by atoms with E-state index in [0.29, 0.717) is 37.7 Å². The van der Waals surface area contributed by atoms with Gasteiger partial charge in [0.2, 0.25) is 0 Å². The van der Waals surface area contributed by atoms with Crippen molar-refractivity contribution < 1.29 is 14.3 Å². The molecule has 3 aromatic rings. The highest BCUT2D eigenvalue weighted by Crippen LogP contribution is 2.32. The number of piperazine rings is 1. The first-order valence-corrected chi connectivity index (χ1v) is 11.3. The Bertz CT molecular complexity index is 1130. The van der Waals surface area contributed by atoms with Gasteiger partial charge in [0, 0.05) is 49.0 Å². The summed E-state index contributed by atoms with van der Waals surface area (Å²) >= 11 is 0. The third kappa shape index (κ3) is 4.07. The summed E-state index contributed by atoms with van der Waals surface area (Å²) in [6.45, 7) is 4.64. The first-order valence-electron chi connectivity index (χ1n) is 11.3. The van der Waals surface area contributed by atoms with Crippen molar-refractivity contribution in [2.45, 2.75) is 26.2 Å². The number of aromatic amines is 1. The highest BCUT2D eigenvalue weighted by molar-refractivity contribution is 5.97. The van der Waals surface area contributed by atoms with Gasteiger partial charge in [-0.15, -0.1) is 0 Å². The molecule has 166 valence electrons. The smallest absolute Gasteiger partial charge is 0.338 e. The number of nitrogens with zero attached hydrogens (tertiary/aromatic N) is 3. The standard InChI is InChI=1S/C25H28N4O3/c1-17-5-7-21-19(14-17)20-15-18(6-8-22(20)27-21)25(31)32-16-24(30)29-12-10-28(11-13-29)23-4-2-3-9-26-23/h2-4,6,8-9,15,17,27H,5,7,10-14,16H2,1H3. The van der Waals surface area contributed by atoms with Crippen LogP contribution in [0.1, 0.15) is 35.0 Å². The lowest BCUT2D eigenvalue weighted by Crippen LogP contribution is -2.50. The van der Waals surface area contributed by atoms with Crippen LogP contribution in [0.4, 0.5) is 5.82 Å². The van der Waals surface area contributed by atoms with Crippen LogP contribution in [0, 0.1) is 5.92 Å². The highest BCUT2D eigenvalue weighted by Gasteiger charge is 2.24. The van der Waals surface area contributed by atoms with Gasteiger partial charge in [0.25, 0.3) is 5.91 Å². The fourth-order valence-corrected chi connectivity index (χ4v) is 4.75. The molecule has 5 rings (SSSR count). The number of anilines is 1. The highest BCUT2D eigenvalue weighted by atomic mass is 16.5. The molecule has 2 aliphatic rings. The molecule has 7 heteroatoms. The SMILES string of the molecule is CC1CCc2[nH]c3ccc(C(=O)OCC(=O)N4CCN(c5ccccn5)CC4)cc3c2C1. The normalized spacial score (nSPS) is 18.5. The van der Waals surface area contributed by atoms with Crippen molar-refractivity contribution in [2.75, 3.05) is 37.7 Å². The van der Waals surface area contributed by atoms with Gasteiger partial charge in [0.15, 0.2) is 6.61 Å². The van der Waals surface area contributed by atoms with Crippen LogP contribution in [0.15, 0.2) is 42.6 Å². The predicted molar refractivity (Wildman–Crippen MR) is 123 cm³/mol. The summed E-state index contributed by atoms with van der Waals surface area (Å²) in [5.41, 5.74) is 4.15. The predicted octanol–water partition coefficient (Wildman–Crippen LogP) is 3.19. The molecule has 1 N–H and O–H groups in total. The summed E-state index contributed by atoms with van der Waals surface area (Å²) in [6.07, 6.45) is 5.03. The number of fused-ring (bicyclic) bond motifs is 3. The molecule has 32 heavy (non-hydrogen) atoms. The zero-order valence-corrected chi connectivity index (χ0v) is 18.3. The fourth-order valence-electron chi connectivity index (χ4n) is 4.75. The first kappa shape index (κ1) is 20.5. The van der Waals surface area contributed by atoms with Crippen LogP contribution in [0.2, 0.25) is 0 Å². The van der Waals surface area contributed by atoms with E-state index in [2.05, 4.69) is 21.8 Å². The van der Waals surface area contributed by atoms with Crippen molar-refractivity contribution >= 4 is 28.6 Å². The van der Waals surface area contributed by atoms with Crippen LogP contribution in [-0.4, -0.2) is 59.5 Å². The Balaban J connectivity index is 1.18. The third-order valence-electron chi connectivity index (χ3n) is 6.60. The molecule has 0 radical (unpaired) electrons. The number of aryl methyl sites for hydroxylation is 1. The van der Waals surface area contributed by atoms with E-state index in [9.17, 15) is 9.59 Å². The minimum atomic E-state index is -0.453. The molecule has 1 aromatic carbocycles. The van der Waals surface area contributed by atoms with Gasteiger partial charge in [0.05, 0.1) is 5.56 Å². The summed E-state index contributed by atoms with van der Waals surface area (Å²) < 4.78 is 5.38. The van der Waals surface area contributed by atoms with E-state index in [-0.39, 0.29) is 12.5 Å². The largest absolute Gasteiger partial charge is 0.452 e. The molecule has 1 aliphatic heterocycles. The number of aromatic nitrogens is 2. The quantitative estimate of drug-likeness (QED) is 0.641. The average Bonchev–Trinajstić information content (AvgIpc) is 3.20. The van der Waals surface area contributed by atoms with E-state index in [4.69, 9.17) is 4.74 Å². The topological polar surface area (TPSA) is 78.5 Å². The van der Waals surface area contributed by atoms with Crippen LogP contribution >= 0.6 is 0 Å². The molecule has 0 saturated carbocycles. The maximum absolute atomic E-state index is 12.6. The lowest BCUT2D eigenvalue weighted by molar-refractivity contribution is -0.134. The molecule has 0 spiro atoms. The fraction of sp³-hybridized carbons (Fsp3) is 0.400. The van der Waals surface area contributed by atoms with Gasteiger partial charge in [-0.25, -0.2) is 9.78 Å². The molecule has 1 fully saturated rings. The summed E-state index contributed by atoms with van der Waals surface area (Å²) in [5.74, 6) is 0.953. The van der Waals surface area contributed by atoms with Crippen molar-refractivity contribution in [1.82, 2.24) is 14.9 Å². The zero-order chi connectivity index (χ0) is 22.1. The van der Waals surface area contributed by atoms with Crippen LogP contribution in [0.5, 0.6) is 0 Å². The Kier molecular flexibility index (Phi) is 5.55. The average molecular weight is 433 g/mol. The van der Waals surface area contributed by atoms with E-state index in [1.807, 2.05) is 30.3 Å². The van der Waals surface area contributed by atoms with E-state index in [0.717, 1.165) is 29.6 Å². The number of hydrogen-bond acceptors (Lipinski definition) is 5.